The predicted molar refractivity (Wildman–Crippen MR) is 120 cm³/mol. The lowest BCUT2D eigenvalue weighted by molar-refractivity contribution is -0.387. The first-order valence-electron chi connectivity index (χ1n) is 9.78. The molecule has 0 aliphatic rings. The molecule has 0 bridgehead atoms. The minimum Gasteiger partial charge on any atom is -0.493 e. The van der Waals surface area contributed by atoms with Crippen LogP contribution in [0.2, 0.25) is 0 Å². The van der Waals surface area contributed by atoms with E-state index < -0.39 is 26.5 Å². The molecule has 0 unspecified atom stereocenters. The van der Waals surface area contributed by atoms with E-state index in [-0.39, 0.29) is 23.0 Å². The van der Waals surface area contributed by atoms with Crippen molar-refractivity contribution >= 4 is 26.6 Å². The maximum atomic E-state index is 13.9. The molecule has 33 heavy (non-hydrogen) atoms. The van der Waals surface area contributed by atoms with Crippen LogP contribution in [-0.2, 0) is 16.6 Å². The van der Waals surface area contributed by atoms with E-state index in [1.54, 1.807) is 36.4 Å². The molecule has 0 fully saturated rings. The fourth-order valence-electron chi connectivity index (χ4n) is 3.47. The van der Waals surface area contributed by atoms with Gasteiger partial charge in [0.25, 0.3) is 10.0 Å². The summed E-state index contributed by atoms with van der Waals surface area (Å²) in [6.07, 6.45) is 1.46. The lowest BCUT2D eigenvalue weighted by atomic mass is 10.1. The summed E-state index contributed by atoms with van der Waals surface area (Å²) in [6, 6.07) is 15.2. The van der Waals surface area contributed by atoms with Gasteiger partial charge in [-0.05, 0) is 25.1 Å². The third-order valence-corrected chi connectivity index (χ3v) is 6.84. The highest BCUT2D eigenvalue weighted by Gasteiger charge is 2.22. The van der Waals surface area contributed by atoms with Crippen molar-refractivity contribution in [1.82, 2.24) is 3.97 Å². The average Bonchev–Trinajstić information content (AvgIpc) is 3.24. The lowest BCUT2D eigenvalue weighted by Crippen LogP contribution is -2.13. The maximum absolute atomic E-state index is 13.9. The van der Waals surface area contributed by atoms with Crippen LogP contribution in [0.3, 0.4) is 0 Å². The van der Waals surface area contributed by atoms with Gasteiger partial charge in [-0.25, -0.2) is 12.4 Å². The van der Waals surface area contributed by atoms with Crippen molar-refractivity contribution < 1.29 is 27.2 Å². The number of aryl methyl sites for hydroxylation is 1. The van der Waals surface area contributed by atoms with Gasteiger partial charge in [-0.3, -0.25) is 10.1 Å². The zero-order valence-electron chi connectivity index (χ0n) is 17.7. The molecule has 0 atom stereocenters. The molecule has 3 aromatic carbocycles. The van der Waals surface area contributed by atoms with Gasteiger partial charge < -0.3 is 9.47 Å². The molecule has 4 aromatic rings. The van der Waals surface area contributed by atoms with Gasteiger partial charge >= 0.3 is 5.69 Å². The van der Waals surface area contributed by atoms with Gasteiger partial charge in [0.2, 0.25) is 5.82 Å². The summed E-state index contributed by atoms with van der Waals surface area (Å²) in [4.78, 5) is 10.4. The van der Waals surface area contributed by atoms with Crippen molar-refractivity contribution in [3.05, 3.63) is 93.9 Å². The Morgan fingerprint density at radius 1 is 1.06 bits per heavy atom. The van der Waals surface area contributed by atoms with Gasteiger partial charge in [0.15, 0.2) is 11.5 Å². The standard InChI is InChI=1S/C23H19FN2O6S/c1-15-6-8-18(9-7-15)33(29,30)25-11-10-16-4-3-5-17(23(16)25)14-32-22-13-20(26(27)28)19(24)12-21(22)31-2/h3-13H,14H2,1-2H3. The topological polar surface area (TPSA) is 101 Å². The highest BCUT2D eigenvalue weighted by molar-refractivity contribution is 7.90. The number of nitro groups is 1. The Hall–Kier alpha value is -3.92. The van der Waals surface area contributed by atoms with Crippen molar-refractivity contribution in [2.24, 2.45) is 0 Å². The number of benzene rings is 3. The van der Waals surface area contributed by atoms with Crippen LogP contribution in [0.15, 0.2) is 71.8 Å². The molecule has 0 saturated carbocycles. The first-order chi connectivity index (χ1) is 15.7. The Kier molecular flexibility index (Phi) is 5.77. The largest absolute Gasteiger partial charge is 0.493 e. The Morgan fingerprint density at radius 2 is 1.79 bits per heavy atom. The number of fused-ring (bicyclic) bond motifs is 1. The van der Waals surface area contributed by atoms with Crippen LogP contribution < -0.4 is 9.47 Å². The van der Waals surface area contributed by atoms with Crippen LogP contribution in [0.5, 0.6) is 11.5 Å². The van der Waals surface area contributed by atoms with Gasteiger partial charge in [-0.2, -0.15) is 4.39 Å². The summed E-state index contributed by atoms with van der Waals surface area (Å²) < 4.78 is 52.5. The fourth-order valence-corrected chi connectivity index (χ4v) is 4.86. The monoisotopic (exact) mass is 470 g/mol. The summed E-state index contributed by atoms with van der Waals surface area (Å²) in [7, 11) is -2.60. The second-order valence-electron chi connectivity index (χ2n) is 7.28. The van der Waals surface area contributed by atoms with E-state index in [1.807, 2.05) is 6.92 Å². The number of rotatable bonds is 7. The number of ether oxygens (including phenoxy) is 2. The molecule has 0 aliphatic heterocycles. The van der Waals surface area contributed by atoms with E-state index in [9.17, 15) is 22.9 Å². The van der Waals surface area contributed by atoms with Gasteiger partial charge in [-0.1, -0.05) is 35.9 Å². The summed E-state index contributed by atoms with van der Waals surface area (Å²) in [5, 5.41) is 11.8. The molecule has 170 valence electrons. The van der Waals surface area contributed by atoms with Gasteiger partial charge in [-0.15, -0.1) is 0 Å². The van der Waals surface area contributed by atoms with Gasteiger partial charge in [0, 0.05) is 23.2 Å². The highest BCUT2D eigenvalue weighted by Crippen LogP contribution is 2.35. The number of methoxy groups -OCH3 is 1. The predicted octanol–water partition coefficient (Wildman–Crippen LogP) is 4.82. The highest BCUT2D eigenvalue weighted by atomic mass is 32.2. The van der Waals surface area contributed by atoms with E-state index >= 15 is 0 Å². The Bertz CT molecular complexity index is 1460. The molecule has 0 radical (unpaired) electrons. The fraction of sp³-hybridized carbons (Fsp3) is 0.130. The second-order valence-corrected chi connectivity index (χ2v) is 9.10. The first-order valence-corrected chi connectivity index (χ1v) is 11.2. The minimum atomic E-state index is -3.88. The molecule has 0 saturated heterocycles. The van der Waals surface area contributed by atoms with E-state index in [2.05, 4.69) is 0 Å². The molecule has 0 aliphatic carbocycles. The number of nitrogens with zero attached hydrogens (tertiary/aromatic N) is 2. The molecular formula is C23H19FN2O6S. The van der Waals surface area contributed by atoms with Gasteiger partial charge in [0.1, 0.15) is 6.61 Å². The minimum absolute atomic E-state index is 0.0204. The van der Waals surface area contributed by atoms with Crippen molar-refractivity contribution in [3.8, 4) is 11.5 Å². The summed E-state index contributed by atoms with van der Waals surface area (Å²) in [5.74, 6) is -1.11. The molecule has 0 spiro atoms. The SMILES string of the molecule is COc1cc(F)c([N+](=O)[O-])cc1OCc1cccc2ccn(S(=O)(=O)c3ccc(C)cc3)c12. The molecule has 1 aromatic heterocycles. The maximum Gasteiger partial charge on any atom is 0.308 e. The number of hydrogen-bond acceptors (Lipinski definition) is 6. The number of aromatic nitrogens is 1. The summed E-state index contributed by atoms with van der Waals surface area (Å²) in [6.45, 7) is 1.73. The van der Waals surface area contributed by atoms with Crippen molar-refractivity contribution in [2.75, 3.05) is 7.11 Å². The van der Waals surface area contributed by atoms with Crippen molar-refractivity contribution in [3.63, 3.8) is 0 Å². The van der Waals surface area contributed by atoms with E-state index in [4.69, 9.17) is 9.47 Å². The molecule has 0 amide bonds. The Morgan fingerprint density at radius 3 is 2.45 bits per heavy atom. The summed E-state index contributed by atoms with van der Waals surface area (Å²) >= 11 is 0. The van der Waals surface area contributed by atoms with Crippen LogP contribution in [0.4, 0.5) is 10.1 Å². The zero-order valence-corrected chi connectivity index (χ0v) is 18.5. The average molecular weight is 470 g/mol. The zero-order chi connectivity index (χ0) is 23.8. The number of halogens is 1. The van der Waals surface area contributed by atoms with Gasteiger partial charge in [0.05, 0.1) is 28.5 Å². The number of nitro benzene ring substituents is 1. The third kappa shape index (κ3) is 4.12. The van der Waals surface area contributed by atoms with Crippen LogP contribution in [0.25, 0.3) is 10.9 Å². The molecule has 4 rings (SSSR count). The summed E-state index contributed by atoms with van der Waals surface area (Å²) in [5.41, 5.74) is 1.10. The van der Waals surface area contributed by atoms with Crippen LogP contribution in [0, 0.1) is 22.9 Å². The van der Waals surface area contributed by atoms with E-state index in [0.29, 0.717) is 16.5 Å². The van der Waals surface area contributed by atoms with Crippen molar-refractivity contribution in [1.29, 1.82) is 0 Å². The Balaban J connectivity index is 1.75. The third-order valence-electron chi connectivity index (χ3n) is 5.15. The molecular weight excluding hydrogens is 451 g/mol. The van der Waals surface area contributed by atoms with E-state index in [1.165, 1.54) is 29.4 Å². The molecule has 10 heteroatoms. The van der Waals surface area contributed by atoms with Crippen LogP contribution >= 0.6 is 0 Å². The quantitative estimate of drug-likeness (QED) is 0.284. The van der Waals surface area contributed by atoms with Crippen molar-refractivity contribution in [2.45, 2.75) is 18.4 Å². The van der Waals surface area contributed by atoms with Crippen LogP contribution in [-0.4, -0.2) is 24.4 Å². The normalized spacial score (nSPS) is 11.5. The molecule has 1 heterocycles. The Labute approximate surface area is 189 Å². The second kappa shape index (κ2) is 8.55. The van der Waals surface area contributed by atoms with Crippen LogP contribution in [0.1, 0.15) is 11.1 Å². The molecule has 0 N–H and O–H groups in total. The number of para-hydroxylation sites is 1. The number of hydrogen-bond donors (Lipinski definition) is 0. The molecule has 8 nitrogen and oxygen atoms in total. The van der Waals surface area contributed by atoms with E-state index in [0.717, 1.165) is 17.7 Å². The first kappa shape index (κ1) is 22.3. The lowest BCUT2D eigenvalue weighted by Gasteiger charge is -2.14. The smallest absolute Gasteiger partial charge is 0.308 e.